The molecule has 2 heterocycles. The van der Waals surface area contributed by atoms with E-state index in [2.05, 4.69) is 6.07 Å². The molecule has 0 bridgehead atoms. The van der Waals surface area contributed by atoms with Gasteiger partial charge in [-0.1, -0.05) is 18.2 Å². The van der Waals surface area contributed by atoms with Crippen molar-refractivity contribution in [2.75, 3.05) is 0 Å². The molecule has 0 saturated carbocycles. The standard InChI is InChI=1S/C14H11ClO2S/c1-8-12-13(16)9(6-15)7-17-14(12)10-4-2-3-5-11(10)18-8/h2-5,7-8H,6H2,1H3. The zero-order valence-corrected chi connectivity index (χ0v) is 11.3. The van der Waals surface area contributed by atoms with Gasteiger partial charge in [0.15, 0.2) is 5.43 Å². The molecule has 2 nitrogen and oxygen atoms in total. The lowest BCUT2D eigenvalue weighted by molar-refractivity contribution is 0.548. The Labute approximate surface area is 114 Å². The molecule has 0 fully saturated rings. The van der Waals surface area contributed by atoms with E-state index in [-0.39, 0.29) is 16.6 Å². The second kappa shape index (κ2) is 4.48. The van der Waals surface area contributed by atoms with Crippen molar-refractivity contribution in [1.29, 1.82) is 0 Å². The summed E-state index contributed by atoms with van der Waals surface area (Å²) < 4.78 is 5.65. The van der Waals surface area contributed by atoms with Gasteiger partial charge < -0.3 is 4.42 Å². The van der Waals surface area contributed by atoms with E-state index in [9.17, 15) is 4.79 Å². The van der Waals surface area contributed by atoms with Gasteiger partial charge in [-0.05, 0) is 13.0 Å². The molecular formula is C14H11ClO2S. The maximum atomic E-state index is 12.3. The molecule has 1 unspecified atom stereocenters. The van der Waals surface area contributed by atoms with Gasteiger partial charge in [0.25, 0.3) is 0 Å². The highest BCUT2D eigenvalue weighted by Gasteiger charge is 2.27. The third kappa shape index (κ3) is 1.70. The van der Waals surface area contributed by atoms with Crippen molar-refractivity contribution in [2.45, 2.75) is 22.9 Å². The van der Waals surface area contributed by atoms with E-state index < -0.39 is 0 Å². The van der Waals surface area contributed by atoms with Gasteiger partial charge >= 0.3 is 0 Å². The van der Waals surface area contributed by atoms with Gasteiger partial charge in [-0.2, -0.15) is 0 Å². The second-order valence-electron chi connectivity index (χ2n) is 4.22. The van der Waals surface area contributed by atoms with Gasteiger partial charge in [0.1, 0.15) is 5.76 Å². The normalized spacial score (nSPS) is 17.1. The van der Waals surface area contributed by atoms with Gasteiger partial charge in [0.05, 0.1) is 17.7 Å². The first kappa shape index (κ1) is 11.9. The number of hydrogen-bond donors (Lipinski definition) is 0. The van der Waals surface area contributed by atoms with Crippen molar-refractivity contribution in [2.24, 2.45) is 0 Å². The molecule has 0 spiro atoms. The summed E-state index contributed by atoms with van der Waals surface area (Å²) in [5.41, 5.74) is 2.27. The van der Waals surface area contributed by atoms with E-state index in [1.807, 2.05) is 25.1 Å². The summed E-state index contributed by atoms with van der Waals surface area (Å²) in [6.07, 6.45) is 1.48. The smallest absolute Gasteiger partial charge is 0.194 e. The molecule has 0 N–H and O–H groups in total. The van der Waals surface area contributed by atoms with Crippen LogP contribution < -0.4 is 5.43 Å². The second-order valence-corrected chi connectivity index (χ2v) is 5.87. The first-order valence-electron chi connectivity index (χ1n) is 5.69. The summed E-state index contributed by atoms with van der Waals surface area (Å²) in [6, 6.07) is 7.98. The molecule has 92 valence electrons. The molecule has 18 heavy (non-hydrogen) atoms. The zero-order valence-electron chi connectivity index (χ0n) is 9.77. The predicted octanol–water partition coefficient (Wildman–Crippen LogP) is 4.21. The molecule has 0 saturated heterocycles. The fourth-order valence-electron chi connectivity index (χ4n) is 2.20. The van der Waals surface area contributed by atoms with Crippen LogP contribution in [0.5, 0.6) is 0 Å². The van der Waals surface area contributed by atoms with Crippen LogP contribution in [0.15, 0.2) is 44.6 Å². The van der Waals surface area contributed by atoms with Gasteiger partial charge in [-0.25, -0.2) is 0 Å². The Bertz CT molecular complexity index is 663. The maximum Gasteiger partial charge on any atom is 0.194 e. The van der Waals surface area contributed by atoms with Crippen molar-refractivity contribution in [3.05, 3.63) is 51.9 Å². The van der Waals surface area contributed by atoms with Crippen molar-refractivity contribution in [1.82, 2.24) is 0 Å². The fourth-order valence-corrected chi connectivity index (χ4v) is 3.54. The molecule has 0 aliphatic carbocycles. The third-order valence-corrected chi connectivity index (χ3v) is 4.57. The van der Waals surface area contributed by atoms with Crippen LogP contribution in [0.3, 0.4) is 0 Å². The summed E-state index contributed by atoms with van der Waals surface area (Å²) >= 11 is 7.44. The molecule has 2 aromatic rings. The lowest BCUT2D eigenvalue weighted by Gasteiger charge is -2.22. The number of halogens is 1. The van der Waals surface area contributed by atoms with Crippen molar-refractivity contribution >= 4 is 23.4 Å². The number of benzene rings is 1. The summed E-state index contributed by atoms with van der Waals surface area (Å²) in [7, 11) is 0. The molecule has 3 rings (SSSR count). The van der Waals surface area contributed by atoms with E-state index in [1.54, 1.807) is 11.8 Å². The Morgan fingerprint density at radius 3 is 2.94 bits per heavy atom. The molecule has 0 amide bonds. The van der Waals surface area contributed by atoms with Crippen LogP contribution in [0.1, 0.15) is 23.3 Å². The number of thioether (sulfide) groups is 1. The van der Waals surface area contributed by atoms with Crippen LogP contribution in [0.25, 0.3) is 11.3 Å². The molecule has 1 aliphatic rings. The largest absolute Gasteiger partial charge is 0.463 e. The average Bonchev–Trinajstić information content (AvgIpc) is 2.39. The highest BCUT2D eigenvalue weighted by atomic mass is 35.5. The van der Waals surface area contributed by atoms with Crippen LogP contribution >= 0.6 is 23.4 Å². The van der Waals surface area contributed by atoms with Gasteiger partial charge in [-0.3, -0.25) is 4.79 Å². The minimum absolute atomic E-state index is 0.0146. The Morgan fingerprint density at radius 2 is 2.17 bits per heavy atom. The highest BCUT2D eigenvalue weighted by Crippen LogP contribution is 2.47. The Morgan fingerprint density at radius 1 is 1.39 bits per heavy atom. The quantitative estimate of drug-likeness (QED) is 0.732. The number of hydrogen-bond acceptors (Lipinski definition) is 3. The van der Waals surface area contributed by atoms with E-state index in [0.29, 0.717) is 11.3 Å². The van der Waals surface area contributed by atoms with E-state index in [0.717, 1.165) is 16.0 Å². The van der Waals surface area contributed by atoms with Crippen molar-refractivity contribution in [3.63, 3.8) is 0 Å². The third-order valence-electron chi connectivity index (χ3n) is 3.09. The lowest BCUT2D eigenvalue weighted by Crippen LogP contribution is -2.17. The molecule has 1 aromatic heterocycles. The van der Waals surface area contributed by atoms with Crippen LogP contribution in [-0.2, 0) is 5.88 Å². The highest BCUT2D eigenvalue weighted by molar-refractivity contribution is 7.99. The van der Waals surface area contributed by atoms with Crippen molar-refractivity contribution < 1.29 is 4.42 Å². The molecule has 1 aliphatic heterocycles. The van der Waals surface area contributed by atoms with E-state index in [4.69, 9.17) is 16.0 Å². The Kier molecular flexibility index (Phi) is 2.96. The zero-order chi connectivity index (χ0) is 12.7. The van der Waals surface area contributed by atoms with Crippen LogP contribution in [0, 0.1) is 0 Å². The van der Waals surface area contributed by atoms with Crippen LogP contribution in [0.4, 0.5) is 0 Å². The average molecular weight is 279 g/mol. The monoisotopic (exact) mass is 278 g/mol. The topological polar surface area (TPSA) is 30.2 Å². The van der Waals surface area contributed by atoms with E-state index >= 15 is 0 Å². The minimum Gasteiger partial charge on any atom is -0.463 e. The van der Waals surface area contributed by atoms with E-state index in [1.165, 1.54) is 6.26 Å². The lowest BCUT2D eigenvalue weighted by atomic mass is 10.0. The SMILES string of the molecule is CC1Sc2ccccc2-c2occ(CCl)c(=O)c21. The number of alkyl halides is 1. The number of fused-ring (bicyclic) bond motifs is 3. The Hall–Kier alpha value is -1.19. The predicted molar refractivity (Wildman–Crippen MR) is 74.2 cm³/mol. The van der Waals surface area contributed by atoms with Crippen LogP contribution in [-0.4, -0.2) is 0 Å². The molecular weight excluding hydrogens is 268 g/mol. The minimum atomic E-state index is 0.0146. The summed E-state index contributed by atoms with van der Waals surface area (Å²) in [5, 5.41) is 0.0920. The van der Waals surface area contributed by atoms with Crippen molar-refractivity contribution in [3.8, 4) is 11.3 Å². The molecule has 4 heteroatoms. The maximum absolute atomic E-state index is 12.3. The Balaban J connectivity index is 2.33. The number of rotatable bonds is 1. The summed E-state index contributed by atoms with van der Waals surface area (Å²) in [4.78, 5) is 13.5. The molecule has 1 aromatic carbocycles. The molecule has 1 atom stereocenters. The summed E-state index contributed by atoms with van der Waals surface area (Å²) in [5.74, 6) is 0.880. The summed E-state index contributed by atoms with van der Waals surface area (Å²) in [6.45, 7) is 2.02. The fraction of sp³-hybridized carbons (Fsp3) is 0.214. The van der Waals surface area contributed by atoms with Gasteiger partial charge in [0, 0.05) is 21.3 Å². The van der Waals surface area contributed by atoms with Gasteiger partial charge in [0.2, 0.25) is 0 Å². The first-order chi connectivity index (χ1) is 8.72. The van der Waals surface area contributed by atoms with Gasteiger partial charge in [-0.15, -0.1) is 23.4 Å². The van der Waals surface area contributed by atoms with Crippen LogP contribution in [0.2, 0.25) is 0 Å². The molecule has 0 radical (unpaired) electrons. The first-order valence-corrected chi connectivity index (χ1v) is 7.10.